The molecule has 0 radical (unpaired) electrons. The number of anilines is 2. The van der Waals surface area contributed by atoms with E-state index in [0.29, 0.717) is 11.1 Å². The van der Waals surface area contributed by atoms with E-state index in [1.165, 1.54) is 0 Å². The van der Waals surface area contributed by atoms with Crippen LogP contribution in [0.4, 0.5) is 11.5 Å². The molecular weight excluding hydrogens is 262 g/mol. The molecule has 3 rings (SSSR count). The number of hydrogen-bond donors (Lipinski definition) is 1. The van der Waals surface area contributed by atoms with Gasteiger partial charge in [-0.2, -0.15) is 5.10 Å². The van der Waals surface area contributed by atoms with E-state index in [9.17, 15) is 0 Å². The molecule has 1 fully saturated rings. The van der Waals surface area contributed by atoms with E-state index in [1.807, 2.05) is 13.2 Å². The minimum Gasteiger partial charge on any atom is -0.337 e. The number of aromatic nitrogens is 4. The molecule has 0 spiro atoms. The lowest BCUT2D eigenvalue weighted by atomic mass is 10.3. The molecule has 5 nitrogen and oxygen atoms in total. The number of halogens is 1. The fourth-order valence-corrected chi connectivity index (χ4v) is 2.25. The second kappa shape index (κ2) is 4.81. The summed E-state index contributed by atoms with van der Waals surface area (Å²) in [5, 5.41) is 8.17. The highest BCUT2D eigenvalue weighted by atomic mass is 35.5. The molecule has 2 heterocycles. The zero-order valence-corrected chi connectivity index (χ0v) is 11.8. The van der Waals surface area contributed by atoms with Gasteiger partial charge in [-0.05, 0) is 19.3 Å². The Morgan fingerprint density at radius 2 is 2.21 bits per heavy atom. The Bertz CT molecular complexity index is 603. The zero-order valence-electron chi connectivity index (χ0n) is 11.0. The molecule has 0 atom stereocenters. The second-order valence-electron chi connectivity index (χ2n) is 4.85. The summed E-state index contributed by atoms with van der Waals surface area (Å²) in [6.45, 7) is 2.08. The third-order valence-corrected chi connectivity index (χ3v) is 3.35. The first-order chi connectivity index (χ1) is 9.15. The maximum atomic E-state index is 6.06. The van der Waals surface area contributed by atoms with Crippen LogP contribution in [-0.2, 0) is 13.5 Å². The van der Waals surface area contributed by atoms with Crippen molar-refractivity contribution in [3.8, 4) is 0 Å². The molecular formula is C13H16ClN5. The van der Waals surface area contributed by atoms with E-state index >= 15 is 0 Å². The first-order valence-corrected chi connectivity index (χ1v) is 6.87. The molecule has 19 heavy (non-hydrogen) atoms. The van der Waals surface area contributed by atoms with Crippen LogP contribution in [0.15, 0.2) is 12.3 Å². The summed E-state index contributed by atoms with van der Waals surface area (Å²) in [6, 6.07) is 1.75. The fraction of sp³-hybridized carbons (Fsp3) is 0.462. The average Bonchev–Trinajstić information content (AvgIpc) is 3.14. The molecule has 0 amide bonds. The molecule has 1 aliphatic rings. The normalized spacial score (nSPS) is 14.7. The lowest BCUT2D eigenvalue weighted by Crippen LogP contribution is -2.00. The van der Waals surface area contributed by atoms with Crippen molar-refractivity contribution in [2.75, 3.05) is 5.32 Å². The zero-order chi connectivity index (χ0) is 13.4. The van der Waals surface area contributed by atoms with Crippen molar-refractivity contribution in [3.63, 3.8) is 0 Å². The van der Waals surface area contributed by atoms with Gasteiger partial charge in [-0.3, -0.25) is 4.68 Å². The highest BCUT2D eigenvalue weighted by molar-refractivity contribution is 6.29. The predicted molar refractivity (Wildman–Crippen MR) is 74.9 cm³/mol. The smallest absolute Gasteiger partial charge is 0.135 e. The molecule has 1 aliphatic carbocycles. The lowest BCUT2D eigenvalue weighted by molar-refractivity contribution is 0.746. The summed E-state index contributed by atoms with van der Waals surface area (Å²) in [5.74, 6) is 2.07. The predicted octanol–water partition coefficient (Wildman–Crippen LogP) is 3.05. The number of aryl methyl sites for hydroxylation is 2. The minimum atomic E-state index is 0.485. The Balaban J connectivity index is 1.89. The maximum Gasteiger partial charge on any atom is 0.135 e. The Kier molecular flexibility index (Phi) is 3.14. The van der Waals surface area contributed by atoms with E-state index in [1.54, 1.807) is 10.7 Å². The average molecular weight is 278 g/mol. The van der Waals surface area contributed by atoms with Crippen LogP contribution in [0.5, 0.6) is 0 Å². The largest absolute Gasteiger partial charge is 0.337 e. The van der Waals surface area contributed by atoms with Crippen molar-refractivity contribution in [1.29, 1.82) is 0 Å². The highest BCUT2D eigenvalue weighted by Gasteiger charge is 2.27. The van der Waals surface area contributed by atoms with Crippen molar-refractivity contribution >= 4 is 23.1 Å². The highest BCUT2D eigenvalue weighted by Crippen LogP contribution is 2.39. The van der Waals surface area contributed by atoms with Gasteiger partial charge in [-0.1, -0.05) is 18.5 Å². The summed E-state index contributed by atoms with van der Waals surface area (Å²) in [5.41, 5.74) is 1.99. The van der Waals surface area contributed by atoms with Crippen LogP contribution in [0.3, 0.4) is 0 Å². The Morgan fingerprint density at radius 3 is 2.89 bits per heavy atom. The van der Waals surface area contributed by atoms with Crippen molar-refractivity contribution in [3.05, 3.63) is 28.9 Å². The molecule has 0 unspecified atom stereocenters. The van der Waals surface area contributed by atoms with Crippen LogP contribution in [0.25, 0.3) is 0 Å². The summed E-state index contributed by atoms with van der Waals surface area (Å²) in [6.07, 6.45) is 5.14. The number of nitrogens with one attached hydrogen (secondary N) is 1. The van der Waals surface area contributed by atoms with Gasteiger partial charge in [0.2, 0.25) is 0 Å². The second-order valence-corrected chi connectivity index (χ2v) is 5.24. The van der Waals surface area contributed by atoms with Crippen LogP contribution < -0.4 is 5.32 Å². The summed E-state index contributed by atoms with van der Waals surface area (Å²) in [4.78, 5) is 8.81. The van der Waals surface area contributed by atoms with Crippen molar-refractivity contribution in [2.45, 2.75) is 32.1 Å². The third kappa shape index (κ3) is 2.71. The summed E-state index contributed by atoms with van der Waals surface area (Å²) in [7, 11) is 1.91. The molecule has 2 aromatic heterocycles. The standard InChI is InChI=1S/C13H16ClN5/c1-3-9-10(7-19(2)18-9)15-12-6-11(14)16-13(17-12)8-4-5-8/h6-8H,3-5H2,1-2H3,(H,15,16,17). The van der Waals surface area contributed by atoms with E-state index in [-0.39, 0.29) is 0 Å². The number of hydrogen-bond acceptors (Lipinski definition) is 4. The molecule has 1 saturated carbocycles. The van der Waals surface area contributed by atoms with Gasteiger partial charge in [0.1, 0.15) is 16.8 Å². The van der Waals surface area contributed by atoms with Gasteiger partial charge < -0.3 is 5.32 Å². The number of rotatable bonds is 4. The molecule has 0 aromatic carbocycles. The van der Waals surface area contributed by atoms with Gasteiger partial charge >= 0.3 is 0 Å². The molecule has 0 saturated heterocycles. The SMILES string of the molecule is CCc1nn(C)cc1Nc1cc(Cl)nc(C2CC2)n1. The third-order valence-electron chi connectivity index (χ3n) is 3.16. The molecule has 100 valence electrons. The van der Waals surface area contributed by atoms with Gasteiger partial charge in [0.05, 0.1) is 11.4 Å². The van der Waals surface area contributed by atoms with E-state index in [0.717, 1.165) is 42.3 Å². The maximum absolute atomic E-state index is 6.06. The Morgan fingerprint density at radius 1 is 1.42 bits per heavy atom. The van der Waals surface area contributed by atoms with E-state index in [4.69, 9.17) is 11.6 Å². The summed E-state index contributed by atoms with van der Waals surface area (Å²) < 4.78 is 1.80. The van der Waals surface area contributed by atoms with Crippen molar-refractivity contribution < 1.29 is 0 Å². The summed E-state index contributed by atoms with van der Waals surface area (Å²) >= 11 is 6.06. The van der Waals surface area contributed by atoms with Gasteiger partial charge in [-0.25, -0.2) is 9.97 Å². The molecule has 0 bridgehead atoms. The van der Waals surface area contributed by atoms with Gasteiger partial charge in [0, 0.05) is 25.2 Å². The quantitative estimate of drug-likeness (QED) is 0.873. The first kappa shape index (κ1) is 12.4. The monoisotopic (exact) mass is 277 g/mol. The van der Waals surface area contributed by atoms with Crippen molar-refractivity contribution in [1.82, 2.24) is 19.7 Å². The van der Waals surface area contributed by atoms with Crippen LogP contribution in [0, 0.1) is 0 Å². The van der Waals surface area contributed by atoms with Crippen molar-refractivity contribution in [2.24, 2.45) is 7.05 Å². The molecule has 1 N–H and O–H groups in total. The van der Waals surface area contributed by atoms with Crippen LogP contribution in [0.1, 0.15) is 37.2 Å². The van der Waals surface area contributed by atoms with Gasteiger partial charge in [-0.15, -0.1) is 0 Å². The fourth-order valence-electron chi connectivity index (χ4n) is 2.06. The Hall–Kier alpha value is -1.62. The van der Waals surface area contributed by atoms with E-state index < -0.39 is 0 Å². The molecule has 2 aromatic rings. The molecule has 0 aliphatic heterocycles. The lowest BCUT2D eigenvalue weighted by Gasteiger charge is -2.07. The van der Waals surface area contributed by atoms with Crippen LogP contribution in [-0.4, -0.2) is 19.7 Å². The molecule has 6 heteroatoms. The van der Waals surface area contributed by atoms with Crippen LogP contribution in [0.2, 0.25) is 5.15 Å². The van der Waals surface area contributed by atoms with E-state index in [2.05, 4.69) is 27.3 Å². The topological polar surface area (TPSA) is 55.6 Å². The first-order valence-electron chi connectivity index (χ1n) is 6.49. The number of nitrogens with zero attached hydrogens (tertiary/aromatic N) is 4. The van der Waals surface area contributed by atoms with Gasteiger partial charge in [0.15, 0.2) is 0 Å². The van der Waals surface area contributed by atoms with Crippen LogP contribution >= 0.6 is 11.6 Å². The van der Waals surface area contributed by atoms with Gasteiger partial charge in [0.25, 0.3) is 0 Å². The minimum absolute atomic E-state index is 0.485. The Labute approximate surface area is 117 Å².